The van der Waals surface area contributed by atoms with Gasteiger partial charge in [0.2, 0.25) is 0 Å². The van der Waals surface area contributed by atoms with Gasteiger partial charge < -0.3 is 16.0 Å². The fourth-order valence-electron chi connectivity index (χ4n) is 1.61. The van der Waals surface area contributed by atoms with Crippen molar-refractivity contribution in [3.63, 3.8) is 0 Å². The van der Waals surface area contributed by atoms with Gasteiger partial charge in [-0.1, -0.05) is 18.5 Å². The molecule has 0 aliphatic carbocycles. The van der Waals surface area contributed by atoms with Crippen LogP contribution in [-0.4, -0.2) is 10.1 Å². The number of nitrogen functional groups attached to an aromatic ring is 2. The molecule has 0 radical (unpaired) electrons. The standard InChI is InChI=1S/C12H16N4O/c1-2-3-4-11-15-12(17-16-11)8-5-9(13)7-10(14)6-8/h5-7H,2-4,13-14H2,1H3. The number of aromatic nitrogens is 2. The first-order valence-electron chi connectivity index (χ1n) is 5.68. The molecule has 4 N–H and O–H groups in total. The lowest BCUT2D eigenvalue weighted by molar-refractivity contribution is 0.421. The van der Waals surface area contributed by atoms with Gasteiger partial charge in [-0.15, -0.1) is 0 Å². The number of nitrogens with two attached hydrogens (primary N) is 2. The summed E-state index contributed by atoms with van der Waals surface area (Å²) in [6, 6.07) is 5.23. The Morgan fingerprint density at radius 1 is 1.18 bits per heavy atom. The number of aryl methyl sites for hydroxylation is 1. The van der Waals surface area contributed by atoms with E-state index in [0.717, 1.165) is 30.7 Å². The lowest BCUT2D eigenvalue weighted by Crippen LogP contribution is -1.92. The highest BCUT2D eigenvalue weighted by Crippen LogP contribution is 2.23. The molecule has 2 aromatic rings. The predicted molar refractivity (Wildman–Crippen MR) is 67.2 cm³/mol. The van der Waals surface area contributed by atoms with Gasteiger partial charge in [0.25, 0.3) is 5.89 Å². The summed E-state index contributed by atoms with van der Waals surface area (Å²) in [5.74, 6) is 1.19. The lowest BCUT2D eigenvalue weighted by Gasteiger charge is -1.99. The molecule has 17 heavy (non-hydrogen) atoms. The molecule has 0 fully saturated rings. The first kappa shape index (κ1) is 11.4. The average Bonchev–Trinajstić information content (AvgIpc) is 2.73. The third kappa shape index (κ3) is 2.75. The monoisotopic (exact) mass is 232 g/mol. The van der Waals surface area contributed by atoms with Crippen LogP contribution in [-0.2, 0) is 6.42 Å². The van der Waals surface area contributed by atoms with E-state index in [1.54, 1.807) is 18.2 Å². The van der Waals surface area contributed by atoms with E-state index in [-0.39, 0.29) is 0 Å². The Labute approximate surface area is 99.8 Å². The van der Waals surface area contributed by atoms with E-state index in [0.29, 0.717) is 17.3 Å². The van der Waals surface area contributed by atoms with Crippen LogP contribution in [0.15, 0.2) is 22.7 Å². The molecule has 2 rings (SSSR count). The van der Waals surface area contributed by atoms with Crippen LogP contribution < -0.4 is 11.5 Å². The summed E-state index contributed by atoms with van der Waals surface area (Å²) in [7, 11) is 0. The van der Waals surface area contributed by atoms with Gasteiger partial charge in [-0.3, -0.25) is 0 Å². The zero-order valence-corrected chi connectivity index (χ0v) is 9.81. The number of rotatable bonds is 4. The molecule has 0 bridgehead atoms. The van der Waals surface area contributed by atoms with Crippen LogP contribution in [0.5, 0.6) is 0 Å². The predicted octanol–water partition coefficient (Wildman–Crippen LogP) is 2.24. The molecule has 0 spiro atoms. The van der Waals surface area contributed by atoms with E-state index in [9.17, 15) is 0 Å². The number of anilines is 2. The van der Waals surface area contributed by atoms with E-state index in [4.69, 9.17) is 16.0 Å². The highest BCUT2D eigenvalue weighted by Gasteiger charge is 2.09. The molecule has 0 amide bonds. The summed E-state index contributed by atoms with van der Waals surface area (Å²) in [5, 5.41) is 3.92. The molecule has 0 atom stereocenters. The minimum absolute atomic E-state index is 0.468. The first-order chi connectivity index (χ1) is 8.19. The first-order valence-corrected chi connectivity index (χ1v) is 5.68. The van der Waals surface area contributed by atoms with E-state index < -0.39 is 0 Å². The summed E-state index contributed by atoms with van der Waals surface area (Å²) < 4.78 is 5.19. The van der Waals surface area contributed by atoms with Crippen LogP contribution in [0.1, 0.15) is 25.6 Å². The van der Waals surface area contributed by atoms with Crippen LogP contribution >= 0.6 is 0 Å². The minimum Gasteiger partial charge on any atom is -0.399 e. The second-order valence-corrected chi connectivity index (χ2v) is 4.01. The Balaban J connectivity index is 2.24. The van der Waals surface area contributed by atoms with E-state index in [1.165, 1.54) is 0 Å². The third-order valence-electron chi connectivity index (χ3n) is 2.45. The molecule has 1 aromatic heterocycles. The molecule has 0 aliphatic heterocycles. The molecule has 0 saturated heterocycles. The third-order valence-corrected chi connectivity index (χ3v) is 2.45. The number of unbranched alkanes of at least 4 members (excludes halogenated alkanes) is 1. The Morgan fingerprint density at radius 2 is 1.88 bits per heavy atom. The van der Waals surface area contributed by atoms with Crippen LogP contribution in [0.2, 0.25) is 0 Å². The van der Waals surface area contributed by atoms with Crippen molar-refractivity contribution in [2.75, 3.05) is 11.5 Å². The van der Waals surface area contributed by atoms with Crippen molar-refractivity contribution >= 4 is 11.4 Å². The maximum Gasteiger partial charge on any atom is 0.258 e. The summed E-state index contributed by atoms with van der Waals surface area (Å²) in [4.78, 5) is 4.31. The quantitative estimate of drug-likeness (QED) is 0.789. The molecule has 0 unspecified atom stereocenters. The normalized spacial score (nSPS) is 10.6. The van der Waals surface area contributed by atoms with Crippen LogP contribution in [0, 0.1) is 0 Å². The minimum atomic E-state index is 0.468. The SMILES string of the molecule is CCCCc1noc(-c2cc(N)cc(N)c2)n1. The van der Waals surface area contributed by atoms with Gasteiger partial charge in [0.05, 0.1) is 0 Å². The molecular formula is C12H16N4O. The molecule has 1 heterocycles. The summed E-state index contributed by atoms with van der Waals surface area (Å²) in [6.07, 6.45) is 2.99. The Hall–Kier alpha value is -2.04. The molecule has 0 aliphatic rings. The van der Waals surface area contributed by atoms with Crippen molar-refractivity contribution in [1.82, 2.24) is 10.1 Å². The topological polar surface area (TPSA) is 91.0 Å². The van der Waals surface area contributed by atoms with Crippen molar-refractivity contribution in [2.24, 2.45) is 0 Å². The maximum absolute atomic E-state index is 5.71. The largest absolute Gasteiger partial charge is 0.399 e. The van der Waals surface area contributed by atoms with Crippen molar-refractivity contribution in [1.29, 1.82) is 0 Å². The van der Waals surface area contributed by atoms with Crippen LogP contribution in [0.4, 0.5) is 11.4 Å². The zero-order valence-electron chi connectivity index (χ0n) is 9.81. The van der Waals surface area contributed by atoms with E-state index in [1.807, 2.05) is 0 Å². The zero-order chi connectivity index (χ0) is 12.3. The summed E-state index contributed by atoms with van der Waals surface area (Å²) in [5.41, 5.74) is 13.4. The average molecular weight is 232 g/mol. The number of hydrogen-bond acceptors (Lipinski definition) is 5. The molecule has 5 nitrogen and oxygen atoms in total. The molecule has 90 valence electrons. The molecule has 0 saturated carbocycles. The van der Waals surface area contributed by atoms with Crippen molar-refractivity contribution in [3.05, 3.63) is 24.0 Å². The highest BCUT2D eigenvalue weighted by atomic mass is 16.5. The van der Waals surface area contributed by atoms with Gasteiger partial charge >= 0.3 is 0 Å². The Kier molecular flexibility index (Phi) is 3.27. The van der Waals surface area contributed by atoms with Crippen LogP contribution in [0.25, 0.3) is 11.5 Å². The maximum atomic E-state index is 5.71. The number of benzene rings is 1. The summed E-state index contributed by atoms with van der Waals surface area (Å²) >= 11 is 0. The molecule has 1 aromatic carbocycles. The van der Waals surface area contributed by atoms with E-state index >= 15 is 0 Å². The fraction of sp³-hybridized carbons (Fsp3) is 0.333. The Morgan fingerprint density at radius 3 is 2.53 bits per heavy atom. The molecule has 5 heteroatoms. The van der Waals surface area contributed by atoms with Gasteiger partial charge in [-0.05, 0) is 24.6 Å². The second kappa shape index (κ2) is 4.86. The van der Waals surface area contributed by atoms with Crippen LogP contribution in [0.3, 0.4) is 0 Å². The highest BCUT2D eigenvalue weighted by molar-refractivity contribution is 5.66. The van der Waals surface area contributed by atoms with Crippen molar-refractivity contribution < 1.29 is 4.52 Å². The smallest absolute Gasteiger partial charge is 0.258 e. The second-order valence-electron chi connectivity index (χ2n) is 4.01. The van der Waals surface area contributed by atoms with Crippen molar-refractivity contribution in [3.8, 4) is 11.5 Å². The summed E-state index contributed by atoms with van der Waals surface area (Å²) in [6.45, 7) is 2.12. The van der Waals surface area contributed by atoms with E-state index in [2.05, 4.69) is 17.1 Å². The molecular weight excluding hydrogens is 216 g/mol. The number of hydrogen-bond donors (Lipinski definition) is 2. The lowest BCUT2D eigenvalue weighted by atomic mass is 10.2. The van der Waals surface area contributed by atoms with Gasteiger partial charge in [0.1, 0.15) is 0 Å². The van der Waals surface area contributed by atoms with Gasteiger partial charge in [0, 0.05) is 23.4 Å². The van der Waals surface area contributed by atoms with Gasteiger partial charge in [-0.25, -0.2) is 0 Å². The van der Waals surface area contributed by atoms with Crippen molar-refractivity contribution in [2.45, 2.75) is 26.2 Å². The van der Waals surface area contributed by atoms with Gasteiger partial charge in [-0.2, -0.15) is 4.98 Å². The van der Waals surface area contributed by atoms with Gasteiger partial charge in [0.15, 0.2) is 5.82 Å². The number of nitrogens with zero attached hydrogens (tertiary/aromatic N) is 2. The Bertz CT molecular complexity index is 487. The fourth-order valence-corrected chi connectivity index (χ4v) is 1.61.